The van der Waals surface area contributed by atoms with Crippen LogP contribution in [0.4, 0.5) is 25.0 Å². The van der Waals surface area contributed by atoms with Crippen LogP contribution < -0.4 is 19.7 Å². The third-order valence-corrected chi connectivity index (χ3v) is 7.24. The van der Waals surface area contributed by atoms with Crippen LogP contribution in [-0.4, -0.2) is 50.9 Å². The zero-order valence-corrected chi connectivity index (χ0v) is 18.4. The van der Waals surface area contributed by atoms with Crippen LogP contribution in [0.25, 0.3) is 0 Å². The number of anilines is 2. The summed E-state index contributed by atoms with van der Waals surface area (Å²) in [4.78, 5) is 22.7. The number of hydrogen-bond donors (Lipinski definition) is 3. The number of rotatable bonds is 6. The molecule has 0 aromatic heterocycles. The normalized spacial score (nSPS) is 21.5. The van der Waals surface area contributed by atoms with Crippen molar-refractivity contribution in [1.29, 1.82) is 0 Å². The SMILES string of the molecule is O=C(O)Nc1ccc2c(c1)N(S(=O)(=O)c1ccc(F)c(Cl)c1)CC(CNC(=O)[C@H]1C[C@@H]1F)O2. The van der Waals surface area contributed by atoms with Crippen LogP contribution in [-0.2, 0) is 14.8 Å². The molecule has 1 unspecified atom stereocenters. The van der Waals surface area contributed by atoms with Crippen LogP contribution in [0.5, 0.6) is 5.75 Å². The maximum absolute atomic E-state index is 13.6. The number of amides is 2. The van der Waals surface area contributed by atoms with Gasteiger partial charge in [-0.05, 0) is 42.8 Å². The third kappa shape index (κ3) is 4.81. The highest BCUT2D eigenvalue weighted by Crippen LogP contribution is 2.39. The number of halogens is 3. The molecule has 1 aliphatic heterocycles. The molecule has 4 rings (SSSR count). The highest BCUT2D eigenvalue weighted by Gasteiger charge is 2.44. The van der Waals surface area contributed by atoms with Crippen LogP contribution in [0.3, 0.4) is 0 Å². The van der Waals surface area contributed by atoms with Gasteiger partial charge in [0.2, 0.25) is 5.91 Å². The molecule has 33 heavy (non-hydrogen) atoms. The van der Waals surface area contributed by atoms with E-state index in [1.165, 1.54) is 18.2 Å². The van der Waals surface area contributed by atoms with Gasteiger partial charge in [-0.15, -0.1) is 0 Å². The summed E-state index contributed by atoms with van der Waals surface area (Å²) in [6.07, 6.45) is -3.22. The number of benzene rings is 2. The van der Waals surface area contributed by atoms with E-state index in [1.807, 2.05) is 0 Å². The number of alkyl halides is 1. The lowest BCUT2D eigenvalue weighted by Crippen LogP contribution is -2.48. The average Bonchev–Trinajstić information content (AvgIpc) is 3.49. The van der Waals surface area contributed by atoms with Gasteiger partial charge in [-0.1, -0.05) is 11.6 Å². The fourth-order valence-electron chi connectivity index (χ4n) is 3.39. The Kier molecular flexibility index (Phi) is 6.06. The summed E-state index contributed by atoms with van der Waals surface area (Å²) < 4.78 is 60.3. The number of nitrogens with one attached hydrogen (secondary N) is 2. The molecular formula is C20H18ClF2N3O6S. The van der Waals surface area contributed by atoms with Gasteiger partial charge in [-0.3, -0.25) is 14.4 Å². The molecule has 0 bridgehead atoms. The molecule has 0 radical (unpaired) electrons. The summed E-state index contributed by atoms with van der Waals surface area (Å²) in [7, 11) is -4.29. The van der Waals surface area contributed by atoms with Crippen molar-refractivity contribution < 1.29 is 36.6 Å². The van der Waals surface area contributed by atoms with E-state index in [1.54, 1.807) is 0 Å². The van der Waals surface area contributed by atoms with Crippen molar-refractivity contribution in [2.45, 2.75) is 23.6 Å². The van der Waals surface area contributed by atoms with E-state index in [4.69, 9.17) is 21.4 Å². The second-order valence-corrected chi connectivity index (χ2v) is 9.84. The molecule has 1 aliphatic carbocycles. The Balaban J connectivity index is 1.66. The maximum Gasteiger partial charge on any atom is 0.409 e. The number of fused-ring (bicyclic) bond motifs is 1. The molecule has 1 saturated carbocycles. The smallest absolute Gasteiger partial charge is 0.409 e. The van der Waals surface area contributed by atoms with Gasteiger partial charge in [-0.2, -0.15) is 0 Å². The lowest BCUT2D eigenvalue weighted by Gasteiger charge is -2.35. The summed E-state index contributed by atoms with van der Waals surface area (Å²) >= 11 is 5.77. The highest BCUT2D eigenvalue weighted by molar-refractivity contribution is 7.92. The number of carbonyl (C=O) groups is 2. The van der Waals surface area contributed by atoms with E-state index in [0.29, 0.717) is 0 Å². The van der Waals surface area contributed by atoms with E-state index in [-0.39, 0.29) is 46.6 Å². The van der Waals surface area contributed by atoms with Crippen molar-refractivity contribution in [3.63, 3.8) is 0 Å². The number of sulfonamides is 1. The number of carboxylic acid groups (broad SMARTS) is 1. The van der Waals surface area contributed by atoms with Crippen LogP contribution in [0.1, 0.15) is 6.42 Å². The first-order chi connectivity index (χ1) is 15.6. The molecule has 1 fully saturated rings. The van der Waals surface area contributed by atoms with Crippen molar-refractivity contribution in [3.8, 4) is 5.75 Å². The molecule has 2 amide bonds. The maximum atomic E-state index is 13.6. The molecular weight excluding hydrogens is 484 g/mol. The summed E-state index contributed by atoms with van der Waals surface area (Å²) in [5.41, 5.74) is 0.131. The quantitative estimate of drug-likeness (QED) is 0.559. The molecule has 1 heterocycles. The number of hydrogen-bond acceptors (Lipinski definition) is 5. The lowest BCUT2D eigenvalue weighted by atomic mass is 10.2. The van der Waals surface area contributed by atoms with Crippen molar-refractivity contribution >= 4 is 45.0 Å². The predicted molar refractivity (Wildman–Crippen MR) is 114 cm³/mol. The van der Waals surface area contributed by atoms with Crippen molar-refractivity contribution in [2.24, 2.45) is 5.92 Å². The number of carbonyl (C=O) groups excluding carboxylic acids is 1. The first-order valence-corrected chi connectivity index (χ1v) is 11.6. The van der Waals surface area contributed by atoms with Crippen molar-refractivity contribution in [3.05, 3.63) is 47.2 Å². The van der Waals surface area contributed by atoms with Gasteiger partial charge in [0.15, 0.2) is 0 Å². The molecule has 13 heteroatoms. The lowest BCUT2D eigenvalue weighted by molar-refractivity contribution is -0.123. The molecule has 3 atom stereocenters. The van der Waals surface area contributed by atoms with E-state index in [0.717, 1.165) is 22.5 Å². The molecule has 9 nitrogen and oxygen atoms in total. The van der Waals surface area contributed by atoms with Crippen LogP contribution in [0.15, 0.2) is 41.3 Å². The molecule has 3 N–H and O–H groups in total. The van der Waals surface area contributed by atoms with Crippen molar-refractivity contribution in [1.82, 2.24) is 5.32 Å². The first kappa shape index (κ1) is 23.1. The van der Waals surface area contributed by atoms with Gasteiger partial charge in [0.25, 0.3) is 10.0 Å². The topological polar surface area (TPSA) is 125 Å². The Morgan fingerprint density at radius 1 is 1.24 bits per heavy atom. The molecule has 2 aromatic rings. The van der Waals surface area contributed by atoms with Crippen LogP contribution in [0.2, 0.25) is 5.02 Å². The van der Waals surface area contributed by atoms with Gasteiger partial charge in [0.05, 0.1) is 34.6 Å². The predicted octanol–water partition coefficient (Wildman–Crippen LogP) is 3.00. The molecule has 0 saturated heterocycles. The second kappa shape index (κ2) is 8.67. The number of nitrogens with zero attached hydrogens (tertiary/aromatic N) is 1. The van der Waals surface area contributed by atoms with Crippen LogP contribution >= 0.6 is 11.6 Å². The van der Waals surface area contributed by atoms with Gasteiger partial charge >= 0.3 is 6.09 Å². The summed E-state index contributed by atoms with van der Waals surface area (Å²) in [6.45, 7) is -0.350. The Morgan fingerprint density at radius 2 is 1.97 bits per heavy atom. The molecule has 176 valence electrons. The fraction of sp³-hybridized carbons (Fsp3) is 0.300. The minimum Gasteiger partial charge on any atom is -0.484 e. The molecule has 0 spiro atoms. The van der Waals surface area contributed by atoms with Gasteiger partial charge in [0.1, 0.15) is 23.8 Å². The Hall–Kier alpha value is -3.12. The Labute approximate surface area is 192 Å². The molecule has 2 aliphatic rings. The largest absolute Gasteiger partial charge is 0.484 e. The van der Waals surface area contributed by atoms with Crippen LogP contribution in [0, 0.1) is 11.7 Å². The van der Waals surface area contributed by atoms with E-state index in [2.05, 4.69) is 10.6 Å². The summed E-state index contributed by atoms with van der Waals surface area (Å²) in [5, 5.41) is 13.3. The van der Waals surface area contributed by atoms with Gasteiger partial charge in [-0.25, -0.2) is 22.0 Å². The Morgan fingerprint density at radius 3 is 2.61 bits per heavy atom. The Bertz CT molecular complexity index is 1230. The van der Waals surface area contributed by atoms with E-state index in [9.17, 15) is 26.8 Å². The fourth-order valence-corrected chi connectivity index (χ4v) is 5.16. The summed E-state index contributed by atoms with van der Waals surface area (Å²) in [6, 6.07) is 6.97. The number of ether oxygens (including phenoxy) is 1. The van der Waals surface area contributed by atoms with Gasteiger partial charge < -0.3 is 15.2 Å². The minimum atomic E-state index is -4.29. The monoisotopic (exact) mass is 501 g/mol. The first-order valence-electron chi connectivity index (χ1n) is 9.76. The van der Waals surface area contributed by atoms with E-state index < -0.39 is 46.0 Å². The minimum absolute atomic E-state index is 0.0373. The standard InChI is InChI=1S/C20H18ClF2N3O6S/c21-14-6-12(2-3-15(14)22)33(30,31)26-9-11(8-24-19(27)13-7-16(13)23)32-18-4-1-10(5-17(18)26)25-20(28)29/h1-6,11,13,16,25H,7-9H2,(H,24,27)(H,28,29)/t11?,13-,16-/m0/s1. The zero-order valence-electron chi connectivity index (χ0n) is 16.8. The average molecular weight is 502 g/mol. The van der Waals surface area contributed by atoms with Gasteiger partial charge in [0, 0.05) is 5.69 Å². The van der Waals surface area contributed by atoms with E-state index >= 15 is 0 Å². The molecule has 2 aromatic carbocycles. The van der Waals surface area contributed by atoms with Crippen molar-refractivity contribution in [2.75, 3.05) is 22.7 Å². The second-order valence-electron chi connectivity index (χ2n) is 7.57. The highest BCUT2D eigenvalue weighted by atomic mass is 35.5. The summed E-state index contributed by atoms with van der Waals surface area (Å²) in [5.74, 6) is -1.88. The third-order valence-electron chi connectivity index (χ3n) is 5.17. The zero-order chi connectivity index (χ0) is 23.9.